The molecule has 2 heteroatoms. The van der Waals surface area contributed by atoms with Gasteiger partial charge in [-0.1, -0.05) is 26.1 Å². The summed E-state index contributed by atoms with van der Waals surface area (Å²) >= 11 is 5.08. The third-order valence-electron chi connectivity index (χ3n) is 2.85. The average molecular weight is 221 g/mol. The van der Waals surface area contributed by atoms with E-state index >= 15 is 0 Å². The molecule has 0 saturated carbocycles. The van der Waals surface area contributed by atoms with Gasteiger partial charge in [-0.15, -0.1) is 0 Å². The van der Waals surface area contributed by atoms with Gasteiger partial charge in [0.25, 0.3) is 0 Å². The fourth-order valence-corrected chi connectivity index (χ4v) is 2.57. The molecule has 0 saturated heterocycles. The molecule has 0 spiro atoms. The van der Waals surface area contributed by atoms with Crippen LogP contribution in [0.2, 0.25) is 0 Å². The van der Waals surface area contributed by atoms with E-state index in [0.717, 1.165) is 11.3 Å². The van der Waals surface area contributed by atoms with E-state index in [1.54, 1.807) is 5.37 Å². The first-order valence-electron chi connectivity index (χ1n) is 5.30. The Hall–Kier alpha value is -0.890. The van der Waals surface area contributed by atoms with Crippen LogP contribution in [0.3, 0.4) is 0 Å². The van der Waals surface area contributed by atoms with Crippen LogP contribution in [-0.2, 0) is 0 Å². The van der Waals surface area contributed by atoms with E-state index in [1.807, 2.05) is 7.05 Å². The van der Waals surface area contributed by atoms with Crippen molar-refractivity contribution in [3.63, 3.8) is 0 Å². The van der Waals surface area contributed by atoms with Crippen LogP contribution in [0.1, 0.15) is 42.0 Å². The number of nitrogens with one attached hydrogen (secondary N) is 1. The molecule has 82 valence electrons. The topological polar surface area (TPSA) is 12.0 Å². The van der Waals surface area contributed by atoms with E-state index in [-0.39, 0.29) is 0 Å². The molecule has 0 atom stereocenters. The van der Waals surface area contributed by atoms with Gasteiger partial charge in [-0.05, 0) is 42.5 Å². The molecule has 0 unspecified atom stereocenters. The molecule has 0 aromatic heterocycles. The van der Waals surface area contributed by atoms with Gasteiger partial charge in [-0.3, -0.25) is 0 Å². The van der Waals surface area contributed by atoms with Crippen molar-refractivity contribution in [1.29, 1.82) is 0 Å². The summed E-state index contributed by atoms with van der Waals surface area (Å²) in [7, 11) is 1.94. The van der Waals surface area contributed by atoms with Gasteiger partial charge in [0, 0.05) is 23.7 Å². The fraction of sp³-hybridized carbons (Fsp3) is 0.462. The lowest BCUT2D eigenvalue weighted by atomic mass is 9.89. The van der Waals surface area contributed by atoms with Crippen LogP contribution < -0.4 is 5.32 Å². The second-order valence-electron chi connectivity index (χ2n) is 4.22. The van der Waals surface area contributed by atoms with E-state index in [0.29, 0.717) is 5.92 Å². The van der Waals surface area contributed by atoms with Crippen LogP contribution in [0.15, 0.2) is 6.07 Å². The van der Waals surface area contributed by atoms with Gasteiger partial charge >= 0.3 is 0 Å². The summed E-state index contributed by atoms with van der Waals surface area (Å²) in [6, 6.07) is 2.18. The quantitative estimate of drug-likeness (QED) is 0.779. The molecule has 1 aromatic rings. The van der Waals surface area contributed by atoms with E-state index in [9.17, 15) is 0 Å². The Kier molecular flexibility index (Phi) is 3.86. The Morgan fingerprint density at radius 1 is 1.33 bits per heavy atom. The van der Waals surface area contributed by atoms with Crippen molar-refractivity contribution in [2.75, 3.05) is 12.4 Å². The minimum Gasteiger partial charge on any atom is -0.388 e. The van der Waals surface area contributed by atoms with E-state index in [2.05, 4.69) is 39.1 Å². The van der Waals surface area contributed by atoms with E-state index in [1.165, 1.54) is 16.7 Å². The molecule has 0 aliphatic rings. The van der Waals surface area contributed by atoms with Crippen molar-refractivity contribution in [2.24, 2.45) is 0 Å². The average Bonchev–Trinajstić information content (AvgIpc) is 2.16. The molecule has 1 aromatic carbocycles. The number of rotatable bonds is 3. The Bertz CT molecular complexity index is 381. The predicted octanol–water partition coefficient (Wildman–Crippen LogP) is 3.82. The first-order chi connectivity index (χ1) is 7.02. The SMILES string of the molecule is CNc1cc(C)c(C(C)C)c(C)c1C=S. The number of benzene rings is 1. The van der Waals surface area contributed by atoms with Crippen LogP contribution in [0, 0.1) is 13.8 Å². The van der Waals surface area contributed by atoms with Crippen LogP contribution in [0.25, 0.3) is 0 Å². The van der Waals surface area contributed by atoms with Crippen molar-refractivity contribution >= 4 is 23.3 Å². The third-order valence-corrected chi connectivity index (χ3v) is 3.08. The maximum absolute atomic E-state index is 5.08. The first-order valence-corrected chi connectivity index (χ1v) is 5.77. The second-order valence-corrected chi connectivity index (χ2v) is 4.45. The largest absolute Gasteiger partial charge is 0.388 e. The smallest absolute Gasteiger partial charge is 0.0425 e. The van der Waals surface area contributed by atoms with Crippen molar-refractivity contribution in [3.05, 3.63) is 28.3 Å². The molecule has 1 rings (SSSR count). The Morgan fingerprint density at radius 3 is 2.33 bits per heavy atom. The summed E-state index contributed by atoms with van der Waals surface area (Å²) in [5.74, 6) is 0.546. The summed E-state index contributed by atoms with van der Waals surface area (Å²) in [5, 5.41) is 4.97. The molecule has 1 N–H and O–H groups in total. The van der Waals surface area contributed by atoms with Crippen LogP contribution in [0.5, 0.6) is 0 Å². The van der Waals surface area contributed by atoms with Crippen LogP contribution >= 0.6 is 12.2 Å². The molecule has 0 amide bonds. The highest BCUT2D eigenvalue weighted by Gasteiger charge is 2.13. The molecule has 0 aliphatic heterocycles. The van der Waals surface area contributed by atoms with Gasteiger partial charge in [0.1, 0.15) is 0 Å². The third kappa shape index (κ3) is 2.20. The number of hydrogen-bond acceptors (Lipinski definition) is 2. The maximum Gasteiger partial charge on any atom is 0.0425 e. The van der Waals surface area contributed by atoms with Crippen molar-refractivity contribution < 1.29 is 0 Å². The molecule has 0 fully saturated rings. The monoisotopic (exact) mass is 221 g/mol. The lowest BCUT2D eigenvalue weighted by Gasteiger charge is -2.18. The molecule has 0 aliphatic carbocycles. The summed E-state index contributed by atoms with van der Waals surface area (Å²) in [5.41, 5.74) is 6.35. The minimum absolute atomic E-state index is 0.546. The van der Waals surface area contributed by atoms with Crippen LogP contribution in [0.4, 0.5) is 5.69 Å². The molecule has 1 nitrogen and oxygen atoms in total. The Morgan fingerprint density at radius 2 is 1.93 bits per heavy atom. The number of hydrogen-bond donors (Lipinski definition) is 1. The van der Waals surface area contributed by atoms with Gasteiger partial charge in [0.2, 0.25) is 0 Å². The highest BCUT2D eigenvalue weighted by molar-refractivity contribution is 7.79. The van der Waals surface area contributed by atoms with Gasteiger partial charge < -0.3 is 5.32 Å². The Labute approximate surface area is 97.9 Å². The highest BCUT2D eigenvalue weighted by Crippen LogP contribution is 2.30. The van der Waals surface area contributed by atoms with Gasteiger partial charge in [-0.25, -0.2) is 0 Å². The first kappa shape index (κ1) is 12.2. The molecular weight excluding hydrogens is 202 g/mol. The highest BCUT2D eigenvalue weighted by atomic mass is 32.1. The lowest BCUT2D eigenvalue weighted by molar-refractivity contribution is 0.846. The zero-order valence-electron chi connectivity index (χ0n) is 10.1. The number of aryl methyl sites for hydroxylation is 1. The van der Waals surface area contributed by atoms with E-state index in [4.69, 9.17) is 12.2 Å². The zero-order chi connectivity index (χ0) is 11.6. The normalized spacial score (nSPS) is 10.5. The standard InChI is InChI=1S/C13H19NS/c1-8(2)13-9(3)6-12(14-5)11(7-15)10(13)4/h6-8,14H,1-5H3. The van der Waals surface area contributed by atoms with Crippen molar-refractivity contribution in [1.82, 2.24) is 0 Å². The van der Waals surface area contributed by atoms with Gasteiger partial charge in [0.15, 0.2) is 0 Å². The zero-order valence-corrected chi connectivity index (χ0v) is 11.0. The number of anilines is 1. The van der Waals surface area contributed by atoms with E-state index < -0.39 is 0 Å². The van der Waals surface area contributed by atoms with Crippen molar-refractivity contribution in [2.45, 2.75) is 33.6 Å². The number of thiocarbonyl (C=S) groups is 1. The summed E-state index contributed by atoms with van der Waals surface area (Å²) in [6.07, 6.45) is 0. The molecule has 0 heterocycles. The summed E-state index contributed by atoms with van der Waals surface area (Å²) in [6.45, 7) is 8.76. The molecular formula is C13H19NS. The second kappa shape index (κ2) is 4.75. The summed E-state index contributed by atoms with van der Waals surface area (Å²) < 4.78 is 0. The fourth-order valence-electron chi connectivity index (χ4n) is 2.26. The van der Waals surface area contributed by atoms with Gasteiger partial charge in [-0.2, -0.15) is 0 Å². The summed E-state index contributed by atoms with van der Waals surface area (Å²) in [4.78, 5) is 0. The molecule has 0 bridgehead atoms. The predicted molar refractivity (Wildman–Crippen MR) is 72.3 cm³/mol. The lowest BCUT2D eigenvalue weighted by Crippen LogP contribution is -2.04. The van der Waals surface area contributed by atoms with Crippen molar-refractivity contribution in [3.8, 4) is 0 Å². The van der Waals surface area contributed by atoms with Gasteiger partial charge in [0.05, 0.1) is 0 Å². The minimum atomic E-state index is 0.546. The Balaban J connectivity index is 3.51. The van der Waals surface area contributed by atoms with Crippen LogP contribution in [-0.4, -0.2) is 12.4 Å². The molecule has 15 heavy (non-hydrogen) atoms. The maximum atomic E-state index is 5.08. The molecule has 0 radical (unpaired) electrons.